The monoisotopic (exact) mass is 360 g/mol. The van der Waals surface area contributed by atoms with E-state index >= 15 is 0 Å². The van der Waals surface area contributed by atoms with Crippen molar-refractivity contribution in [2.75, 3.05) is 26.2 Å². The van der Waals surface area contributed by atoms with Crippen LogP contribution in [-0.2, 0) is 13.1 Å². The Kier molecular flexibility index (Phi) is 5.30. The maximum atomic E-state index is 13.0. The largest absolute Gasteiger partial charge is 0.339 e. The lowest BCUT2D eigenvalue weighted by Gasteiger charge is -2.34. The summed E-state index contributed by atoms with van der Waals surface area (Å²) in [5.41, 5.74) is 3.18. The highest BCUT2D eigenvalue weighted by atomic mass is 16.2. The third-order valence-electron chi connectivity index (χ3n) is 5.03. The van der Waals surface area contributed by atoms with Crippen LogP contribution in [0.15, 0.2) is 73.2 Å². The zero-order chi connectivity index (χ0) is 18.5. The number of aromatic nitrogens is 2. The van der Waals surface area contributed by atoms with Gasteiger partial charge in [-0.05, 0) is 29.3 Å². The van der Waals surface area contributed by atoms with E-state index in [1.54, 1.807) is 6.20 Å². The first-order valence-electron chi connectivity index (χ1n) is 9.39. The quantitative estimate of drug-likeness (QED) is 0.703. The third-order valence-corrected chi connectivity index (χ3v) is 5.03. The molecule has 27 heavy (non-hydrogen) atoms. The molecule has 5 heteroatoms. The van der Waals surface area contributed by atoms with Crippen LogP contribution in [0.25, 0.3) is 0 Å². The van der Waals surface area contributed by atoms with Crippen LogP contribution < -0.4 is 0 Å². The summed E-state index contributed by atoms with van der Waals surface area (Å²) in [4.78, 5) is 21.5. The lowest BCUT2D eigenvalue weighted by Crippen LogP contribution is -2.48. The van der Waals surface area contributed by atoms with Gasteiger partial charge in [-0.1, -0.05) is 36.4 Å². The molecule has 138 valence electrons. The van der Waals surface area contributed by atoms with E-state index in [1.807, 2.05) is 58.3 Å². The van der Waals surface area contributed by atoms with Gasteiger partial charge in [-0.25, -0.2) is 0 Å². The van der Waals surface area contributed by atoms with Crippen LogP contribution in [0, 0.1) is 0 Å². The number of rotatable bonds is 5. The molecule has 1 fully saturated rings. The molecule has 0 bridgehead atoms. The molecule has 1 aromatic carbocycles. The number of hydrogen-bond acceptors (Lipinski definition) is 3. The molecule has 4 rings (SSSR count). The Hall–Kier alpha value is -2.92. The number of nitrogens with zero attached hydrogens (tertiary/aromatic N) is 4. The number of piperazine rings is 1. The van der Waals surface area contributed by atoms with Gasteiger partial charge in [0, 0.05) is 57.9 Å². The predicted molar refractivity (Wildman–Crippen MR) is 105 cm³/mol. The van der Waals surface area contributed by atoms with Gasteiger partial charge < -0.3 is 9.47 Å². The Balaban J connectivity index is 1.37. The summed E-state index contributed by atoms with van der Waals surface area (Å²) >= 11 is 0. The fourth-order valence-corrected chi connectivity index (χ4v) is 3.55. The number of carbonyl (C=O) groups is 1. The average molecular weight is 360 g/mol. The first-order chi connectivity index (χ1) is 13.3. The fraction of sp³-hybridized carbons (Fsp3) is 0.273. The van der Waals surface area contributed by atoms with E-state index in [9.17, 15) is 4.79 Å². The molecular weight excluding hydrogens is 336 g/mol. The predicted octanol–water partition coefficient (Wildman–Crippen LogP) is 2.89. The Morgan fingerprint density at radius 1 is 0.852 bits per heavy atom. The summed E-state index contributed by atoms with van der Waals surface area (Å²) in [7, 11) is 0. The molecule has 1 aliphatic heterocycles. The van der Waals surface area contributed by atoms with Crippen molar-refractivity contribution in [3.05, 3.63) is 90.0 Å². The number of carbonyl (C=O) groups excluding carboxylic acids is 1. The molecule has 3 aromatic rings. The summed E-state index contributed by atoms with van der Waals surface area (Å²) in [6, 6.07) is 18.2. The maximum Gasteiger partial charge on any atom is 0.270 e. The Labute approximate surface area is 159 Å². The van der Waals surface area contributed by atoms with Gasteiger partial charge >= 0.3 is 0 Å². The zero-order valence-corrected chi connectivity index (χ0v) is 15.4. The van der Waals surface area contributed by atoms with Crippen LogP contribution in [0.2, 0.25) is 0 Å². The van der Waals surface area contributed by atoms with Crippen molar-refractivity contribution in [2.24, 2.45) is 0 Å². The molecule has 0 radical (unpaired) electrons. The van der Waals surface area contributed by atoms with Gasteiger partial charge in [-0.2, -0.15) is 0 Å². The Morgan fingerprint density at radius 2 is 1.63 bits per heavy atom. The SMILES string of the molecule is O=C(c1cccn1Cc1ccccc1)N1CCN(Cc2cccnc2)CC1. The van der Waals surface area contributed by atoms with E-state index in [4.69, 9.17) is 0 Å². The van der Waals surface area contributed by atoms with Crippen LogP contribution in [0.5, 0.6) is 0 Å². The van der Waals surface area contributed by atoms with Crippen molar-refractivity contribution in [1.82, 2.24) is 19.4 Å². The molecule has 0 N–H and O–H groups in total. The summed E-state index contributed by atoms with van der Waals surface area (Å²) in [6.45, 7) is 4.90. The minimum Gasteiger partial charge on any atom is -0.339 e. The van der Waals surface area contributed by atoms with E-state index in [1.165, 1.54) is 11.1 Å². The standard InChI is InChI=1S/C22H24N4O/c27-22(21-9-5-11-26(21)18-19-6-2-1-3-7-19)25-14-12-24(13-15-25)17-20-8-4-10-23-16-20/h1-11,16H,12-15,17-18H2. The van der Waals surface area contributed by atoms with E-state index < -0.39 is 0 Å². The number of pyridine rings is 1. The zero-order valence-electron chi connectivity index (χ0n) is 15.4. The van der Waals surface area contributed by atoms with Gasteiger partial charge in [0.15, 0.2) is 0 Å². The second-order valence-corrected chi connectivity index (χ2v) is 6.94. The molecule has 0 aliphatic carbocycles. The van der Waals surface area contributed by atoms with E-state index in [0.29, 0.717) is 0 Å². The van der Waals surface area contributed by atoms with Crippen molar-refractivity contribution >= 4 is 5.91 Å². The molecule has 0 atom stereocenters. The summed E-state index contributed by atoms with van der Waals surface area (Å²) in [5, 5.41) is 0. The van der Waals surface area contributed by atoms with Gasteiger partial charge in [0.05, 0.1) is 0 Å². The van der Waals surface area contributed by atoms with Gasteiger partial charge in [0.25, 0.3) is 5.91 Å². The van der Waals surface area contributed by atoms with Crippen LogP contribution >= 0.6 is 0 Å². The Bertz CT molecular complexity index is 868. The van der Waals surface area contributed by atoms with Crippen molar-refractivity contribution in [3.8, 4) is 0 Å². The first kappa shape index (κ1) is 17.5. The van der Waals surface area contributed by atoms with Gasteiger partial charge in [0.2, 0.25) is 0 Å². The molecule has 3 heterocycles. The second-order valence-electron chi connectivity index (χ2n) is 6.94. The lowest BCUT2D eigenvalue weighted by molar-refractivity contribution is 0.0618. The molecule has 0 unspecified atom stereocenters. The smallest absolute Gasteiger partial charge is 0.270 e. The van der Waals surface area contributed by atoms with Crippen LogP contribution in [-0.4, -0.2) is 51.4 Å². The molecule has 0 spiro atoms. The van der Waals surface area contributed by atoms with E-state index in [0.717, 1.165) is 45.0 Å². The molecule has 1 amide bonds. The van der Waals surface area contributed by atoms with Crippen molar-refractivity contribution in [3.63, 3.8) is 0 Å². The molecular formula is C22H24N4O. The first-order valence-corrected chi connectivity index (χ1v) is 9.39. The second kappa shape index (κ2) is 8.18. The van der Waals surface area contributed by atoms with Crippen molar-refractivity contribution < 1.29 is 4.79 Å². The van der Waals surface area contributed by atoms with E-state index in [-0.39, 0.29) is 5.91 Å². The normalized spacial score (nSPS) is 15.0. The highest BCUT2D eigenvalue weighted by Crippen LogP contribution is 2.14. The summed E-state index contributed by atoms with van der Waals surface area (Å²) in [6.07, 6.45) is 5.69. The molecule has 0 saturated carbocycles. The van der Waals surface area contributed by atoms with Crippen LogP contribution in [0.4, 0.5) is 0 Å². The van der Waals surface area contributed by atoms with Gasteiger partial charge in [-0.15, -0.1) is 0 Å². The number of hydrogen-bond donors (Lipinski definition) is 0. The minimum absolute atomic E-state index is 0.122. The molecule has 2 aromatic heterocycles. The van der Waals surface area contributed by atoms with Crippen LogP contribution in [0.3, 0.4) is 0 Å². The van der Waals surface area contributed by atoms with Crippen molar-refractivity contribution in [2.45, 2.75) is 13.1 Å². The number of benzene rings is 1. The van der Waals surface area contributed by atoms with Crippen molar-refractivity contribution in [1.29, 1.82) is 0 Å². The third kappa shape index (κ3) is 4.26. The van der Waals surface area contributed by atoms with Gasteiger partial charge in [0.1, 0.15) is 5.69 Å². The van der Waals surface area contributed by atoms with E-state index in [2.05, 4.69) is 28.1 Å². The highest BCUT2D eigenvalue weighted by molar-refractivity contribution is 5.92. The number of amides is 1. The molecule has 5 nitrogen and oxygen atoms in total. The molecule has 1 aliphatic rings. The highest BCUT2D eigenvalue weighted by Gasteiger charge is 2.24. The summed E-state index contributed by atoms with van der Waals surface area (Å²) in [5.74, 6) is 0.122. The van der Waals surface area contributed by atoms with Crippen LogP contribution in [0.1, 0.15) is 21.6 Å². The topological polar surface area (TPSA) is 41.4 Å². The minimum atomic E-state index is 0.122. The fourth-order valence-electron chi connectivity index (χ4n) is 3.55. The summed E-state index contributed by atoms with van der Waals surface area (Å²) < 4.78 is 2.04. The Morgan fingerprint density at radius 3 is 2.37 bits per heavy atom. The molecule has 1 saturated heterocycles. The maximum absolute atomic E-state index is 13.0. The average Bonchev–Trinajstić information content (AvgIpc) is 3.18. The van der Waals surface area contributed by atoms with Gasteiger partial charge in [-0.3, -0.25) is 14.7 Å². The lowest BCUT2D eigenvalue weighted by atomic mass is 10.2.